The van der Waals surface area contributed by atoms with Crippen molar-refractivity contribution < 1.29 is 19.4 Å². The number of aliphatic hydroxyl groups is 1. The normalized spacial score (nSPS) is 20.3. The van der Waals surface area contributed by atoms with E-state index in [1.54, 1.807) is 16.4 Å². The maximum Gasteiger partial charge on any atom is 0.315 e. The second kappa shape index (κ2) is 13.9. The fourth-order valence-corrected chi connectivity index (χ4v) is 6.00. The highest BCUT2D eigenvalue weighted by molar-refractivity contribution is 7.99. The van der Waals surface area contributed by atoms with Crippen LogP contribution in [0.2, 0.25) is 0 Å². The predicted molar refractivity (Wildman–Crippen MR) is 160 cm³/mol. The topological polar surface area (TPSA) is 123 Å². The fourth-order valence-electron chi connectivity index (χ4n) is 4.98. The molecule has 220 valence electrons. The van der Waals surface area contributed by atoms with Crippen molar-refractivity contribution >= 4 is 17.8 Å². The monoisotopic (exact) mass is 588 g/mol. The van der Waals surface area contributed by atoms with Gasteiger partial charge in [-0.15, -0.1) is 5.10 Å². The minimum Gasteiger partial charge on any atom is -0.392 e. The second-order valence-corrected chi connectivity index (χ2v) is 11.2. The number of aryl methyl sites for hydroxylation is 1. The first-order valence-electron chi connectivity index (χ1n) is 14.0. The lowest BCUT2D eigenvalue weighted by atomic mass is 9.91. The lowest BCUT2D eigenvalue weighted by Gasteiger charge is -2.41. The first-order valence-corrected chi connectivity index (χ1v) is 15.0. The van der Waals surface area contributed by atoms with Crippen LogP contribution in [0.1, 0.15) is 48.5 Å². The largest absolute Gasteiger partial charge is 0.392 e. The Balaban J connectivity index is 1.37. The molecule has 3 N–H and O–H groups in total. The van der Waals surface area contributed by atoms with E-state index in [1.165, 1.54) is 0 Å². The SMILES string of the molecule is CCNC(=O)NCc1ccccc1-c1ccc(C2OC(CSc3nnnn3C)C(C)C(c3ccc(CO)cc3)O2)cc1. The standard InChI is InChI=1S/C31H36N6O4S/c1-4-32-30(39)33-17-25-7-5-6-8-26(25)22-13-15-24(16-14-22)29-40-27(19-42-31-34-35-36-37(31)3)20(2)28(41-29)23-11-9-21(18-38)10-12-23/h5-16,20,27-29,38H,4,17-19H2,1-3H3,(H2,32,33,39). The number of aliphatic hydroxyl groups excluding tert-OH is 1. The van der Waals surface area contributed by atoms with Crippen LogP contribution in [0.25, 0.3) is 11.1 Å². The number of benzene rings is 3. The van der Waals surface area contributed by atoms with Crippen LogP contribution in [0.15, 0.2) is 78.0 Å². The molecule has 1 aliphatic heterocycles. The number of nitrogens with one attached hydrogen (secondary N) is 2. The molecule has 1 aliphatic rings. The third kappa shape index (κ3) is 6.99. The number of rotatable bonds is 10. The molecular formula is C31H36N6O4S. The minimum absolute atomic E-state index is 0.00439. The average molecular weight is 589 g/mol. The highest BCUT2D eigenvalue weighted by Gasteiger charge is 2.38. The van der Waals surface area contributed by atoms with Crippen LogP contribution in [0.3, 0.4) is 0 Å². The summed E-state index contributed by atoms with van der Waals surface area (Å²) in [7, 11) is 1.82. The van der Waals surface area contributed by atoms with Gasteiger partial charge in [-0.3, -0.25) is 0 Å². The van der Waals surface area contributed by atoms with Gasteiger partial charge >= 0.3 is 6.03 Å². The van der Waals surface area contributed by atoms with Crippen LogP contribution in [-0.2, 0) is 29.7 Å². The molecular weight excluding hydrogens is 552 g/mol. The maximum atomic E-state index is 12.0. The van der Waals surface area contributed by atoms with Crippen molar-refractivity contribution in [1.82, 2.24) is 30.8 Å². The van der Waals surface area contributed by atoms with Crippen LogP contribution < -0.4 is 10.6 Å². The molecule has 1 saturated heterocycles. The molecule has 0 aliphatic carbocycles. The summed E-state index contributed by atoms with van der Waals surface area (Å²) in [6.45, 7) is 5.02. The predicted octanol–water partition coefficient (Wildman–Crippen LogP) is 4.77. The summed E-state index contributed by atoms with van der Waals surface area (Å²) in [5, 5.41) is 27.7. The Kier molecular flexibility index (Phi) is 9.85. The Morgan fingerprint density at radius 3 is 2.43 bits per heavy atom. The Hall–Kier alpha value is -3.77. The summed E-state index contributed by atoms with van der Waals surface area (Å²) in [5.74, 6) is 0.711. The Bertz CT molecular complexity index is 1460. The first kappa shape index (κ1) is 29.7. The number of nitrogens with zero attached hydrogens (tertiary/aromatic N) is 4. The molecule has 0 spiro atoms. The molecule has 0 radical (unpaired) electrons. The molecule has 3 aromatic carbocycles. The number of thioether (sulfide) groups is 1. The van der Waals surface area contributed by atoms with E-state index in [-0.39, 0.29) is 30.8 Å². The van der Waals surface area contributed by atoms with E-state index in [1.807, 2.05) is 68.6 Å². The summed E-state index contributed by atoms with van der Waals surface area (Å²) in [4.78, 5) is 12.0. The van der Waals surface area contributed by atoms with E-state index >= 15 is 0 Å². The number of urea groups is 1. The quantitative estimate of drug-likeness (QED) is 0.226. The van der Waals surface area contributed by atoms with Gasteiger partial charge in [-0.25, -0.2) is 9.48 Å². The Morgan fingerprint density at radius 1 is 1.00 bits per heavy atom. The third-order valence-corrected chi connectivity index (χ3v) is 8.47. The molecule has 2 amide bonds. The molecule has 1 aromatic heterocycles. The van der Waals surface area contributed by atoms with Crippen molar-refractivity contribution in [2.45, 2.75) is 50.7 Å². The van der Waals surface area contributed by atoms with Gasteiger partial charge in [0.1, 0.15) is 0 Å². The lowest BCUT2D eigenvalue weighted by Crippen LogP contribution is -2.38. The van der Waals surface area contributed by atoms with E-state index in [0.717, 1.165) is 38.5 Å². The molecule has 4 unspecified atom stereocenters. The third-order valence-electron chi connectivity index (χ3n) is 7.37. The number of carbonyl (C=O) groups is 1. The molecule has 42 heavy (non-hydrogen) atoms. The van der Waals surface area contributed by atoms with E-state index in [9.17, 15) is 9.90 Å². The van der Waals surface area contributed by atoms with Crippen LogP contribution in [-0.4, -0.2) is 49.7 Å². The van der Waals surface area contributed by atoms with Gasteiger partial charge in [-0.2, -0.15) is 0 Å². The van der Waals surface area contributed by atoms with Gasteiger partial charge in [0.2, 0.25) is 5.16 Å². The number of hydrogen-bond acceptors (Lipinski definition) is 8. The number of ether oxygens (including phenoxy) is 2. The number of tetrazole rings is 1. The lowest BCUT2D eigenvalue weighted by molar-refractivity contribution is -0.268. The highest BCUT2D eigenvalue weighted by atomic mass is 32.2. The molecule has 2 heterocycles. The van der Waals surface area contributed by atoms with Crippen LogP contribution in [0, 0.1) is 5.92 Å². The maximum absolute atomic E-state index is 12.0. The van der Waals surface area contributed by atoms with Gasteiger partial charge in [-0.05, 0) is 45.2 Å². The van der Waals surface area contributed by atoms with Crippen molar-refractivity contribution in [3.8, 4) is 11.1 Å². The summed E-state index contributed by atoms with van der Waals surface area (Å²) in [6.07, 6.45) is -0.912. The number of aromatic nitrogens is 4. The van der Waals surface area contributed by atoms with Crippen molar-refractivity contribution in [1.29, 1.82) is 0 Å². The highest BCUT2D eigenvalue weighted by Crippen LogP contribution is 2.43. The zero-order valence-corrected chi connectivity index (χ0v) is 24.8. The molecule has 5 rings (SSSR count). The van der Waals surface area contributed by atoms with E-state index in [0.29, 0.717) is 18.8 Å². The Labute approximate surface area is 249 Å². The molecule has 11 heteroatoms. The molecule has 4 aromatic rings. The summed E-state index contributed by atoms with van der Waals surface area (Å²) >= 11 is 1.55. The van der Waals surface area contributed by atoms with Crippen LogP contribution >= 0.6 is 11.8 Å². The average Bonchev–Trinajstić information content (AvgIpc) is 3.44. The van der Waals surface area contributed by atoms with Crippen molar-refractivity contribution in [2.24, 2.45) is 13.0 Å². The Morgan fingerprint density at radius 2 is 1.74 bits per heavy atom. The van der Waals surface area contributed by atoms with Gasteiger partial charge in [0.05, 0.1) is 18.8 Å². The van der Waals surface area contributed by atoms with E-state index in [4.69, 9.17) is 9.47 Å². The smallest absolute Gasteiger partial charge is 0.315 e. The van der Waals surface area contributed by atoms with Crippen molar-refractivity contribution in [2.75, 3.05) is 12.3 Å². The van der Waals surface area contributed by atoms with Gasteiger partial charge < -0.3 is 25.2 Å². The molecule has 0 saturated carbocycles. The zero-order chi connectivity index (χ0) is 29.5. The molecule has 4 atom stereocenters. The fraction of sp³-hybridized carbons (Fsp3) is 0.355. The summed E-state index contributed by atoms with van der Waals surface area (Å²) in [6, 6.07) is 23.9. The zero-order valence-electron chi connectivity index (χ0n) is 23.9. The van der Waals surface area contributed by atoms with Crippen molar-refractivity contribution in [3.05, 3.63) is 95.1 Å². The van der Waals surface area contributed by atoms with Crippen LogP contribution in [0.4, 0.5) is 4.79 Å². The number of amides is 2. The minimum atomic E-state index is -0.573. The van der Waals surface area contributed by atoms with E-state index in [2.05, 4.69) is 51.3 Å². The van der Waals surface area contributed by atoms with Gasteiger partial charge in [0, 0.05) is 37.4 Å². The molecule has 0 bridgehead atoms. The van der Waals surface area contributed by atoms with Gasteiger partial charge in [0.15, 0.2) is 6.29 Å². The van der Waals surface area contributed by atoms with E-state index < -0.39 is 6.29 Å². The van der Waals surface area contributed by atoms with Crippen LogP contribution in [0.5, 0.6) is 0 Å². The first-order chi connectivity index (χ1) is 20.5. The van der Waals surface area contributed by atoms with Gasteiger partial charge in [-0.1, -0.05) is 91.5 Å². The number of hydrogen-bond donors (Lipinski definition) is 3. The summed E-state index contributed by atoms with van der Waals surface area (Å²) < 4.78 is 14.8. The van der Waals surface area contributed by atoms with Gasteiger partial charge in [0.25, 0.3) is 0 Å². The summed E-state index contributed by atoms with van der Waals surface area (Å²) in [5.41, 5.74) is 5.91. The molecule has 1 fully saturated rings. The van der Waals surface area contributed by atoms with Crippen molar-refractivity contribution in [3.63, 3.8) is 0 Å². The molecule has 10 nitrogen and oxygen atoms in total. The number of carbonyl (C=O) groups excluding carboxylic acids is 1. The second-order valence-electron chi connectivity index (χ2n) is 10.2.